The Labute approximate surface area is 150 Å². The van der Waals surface area contributed by atoms with E-state index in [-0.39, 0.29) is 30.3 Å². The Kier molecular flexibility index (Phi) is 11.6. The van der Waals surface area contributed by atoms with Crippen LogP contribution in [0, 0.1) is 17.8 Å². The number of hydrogen-bond donors (Lipinski definition) is 3. The van der Waals surface area contributed by atoms with Gasteiger partial charge in [0.1, 0.15) is 6.23 Å². The van der Waals surface area contributed by atoms with E-state index in [0.717, 1.165) is 0 Å². The van der Waals surface area contributed by atoms with Crippen LogP contribution in [0.4, 0.5) is 4.79 Å². The van der Waals surface area contributed by atoms with Crippen molar-refractivity contribution >= 4 is 20.1 Å². The number of carbonyl (C=O) groups is 2. The van der Waals surface area contributed by atoms with Crippen LogP contribution in [0.5, 0.6) is 0 Å². The molecular weight excluding hydrogens is 349 g/mol. The number of esters is 1. The Morgan fingerprint density at radius 1 is 1.04 bits per heavy atom. The van der Waals surface area contributed by atoms with Crippen molar-refractivity contribution in [3.63, 3.8) is 0 Å². The summed E-state index contributed by atoms with van der Waals surface area (Å²) in [5.74, 6) is -0.891. The minimum Gasteiger partial charge on any atom is -0.425 e. The average molecular weight is 380 g/mol. The Hall–Kier alpha value is -1.24. The molecule has 0 fully saturated rings. The zero-order valence-corrected chi connectivity index (χ0v) is 16.5. The van der Waals surface area contributed by atoms with Gasteiger partial charge in [-0.15, -0.1) is 0 Å². The third kappa shape index (κ3) is 11.9. The first-order valence-electron chi connectivity index (χ1n) is 8.52. The van der Waals surface area contributed by atoms with Crippen LogP contribution in [0.15, 0.2) is 0 Å². The predicted molar refractivity (Wildman–Crippen MR) is 92.9 cm³/mol. The number of rotatable bonds is 11. The van der Waals surface area contributed by atoms with Gasteiger partial charge in [0.2, 0.25) is 0 Å². The first kappa shape index (κ1) is 23.8. The van der Waals surface area contributed by atoms with Gasteiger partial charge >= 0.3 is 20.1 Å². The van der Waals surface area contributed by atoms with Crippen molar-refractivity contribution in [1.29, 1.82) is 0 Å². The van der Waals surface area contributed by atoms with Crippen molar-refractivity contribution in [2.24, 2.45) is 17.8 Å². The maximum atomic E-state index is 11.8. The topological polar surface area (TPSA) is 122 Å². The average Bonchev–Trinajstić information content (AvgIpc) is 2.49. The van der Waals surface area contributed by atoms with Gasteiger partial charge in [0.25, 0.3) is 6.29 Å². The van der Waals surface area contributed by atoms with Crippen LogP contribution >= 0.6 is 8.03 Å². The molecule has 1 amide bonds. The summed E-state index contributed by atoms with van der Waals surface area (Å²) in [5, 5.41) is 12.1. The maximum absolute atomic E-state index is 11.8. The van der Waals surface area contributed by atoms with Crippen molar-refractivity contribution in [2.45, 2.75) is 66.4 Å². The summed E-state index contributed by atoms with van der Waals surface area (Å²) >= 11 is 0. The van der Waals surface area contributed by atoms with Crippen molar-refractivity contribution in [3.8, 4) is 0 Å². The van der Waals surface area contributed by atoms with Crippen LogP contribution in [-0.2, 0) is 18.8 Å². The summed E-state index contributed by atoms with van der Waals surface area (Å²) in [5.41, 5.74) is 0. The molecule has 8 nitrogen and oxygen atoms in total. The molecule has 0 aliphatic carbocycles. The van der Waals surface area contributed by atoms with Crippen LogP contribution in [0.1, 0.15) is 53.9 Å². The molecular formula is C16H31NO7P+. The fraction of sp³-hybridized carbons (Fsp3) is 0.875. The molecule has 0 rings (SSSR count). The molecule has 0 aromatic rings. The van der Waals surface area contributed by atoms with E-state index in [1.807, 2.05) is 6.92 Å². The fourth-order valence-electron chi connectivity index (χ4n) is 1.81. The normalized spacial score (nSPS) is 15.5. The van der Waals surface area contributed by atoms with Gasteiger partial charge in [-0.05, 0) is 29.7 Å². The van der Waals surface area contributed by atoms with Crippen LogP contribution in [0.3, 0.4) is 0 Å². The highest BCUT2D eigenvalue weighted by Crippen LogP contribution is 2.20. The van der Waals surface area contributed by atoms with E-state index in [2.05, 4.69) is 5.32 Å². The van der Waals surface area contributed by atoms with Gasteiger partial charge in [0, 0.05) is 5.92 Å². The smallest absolute Gasteiger partial charge is 0.425 e. The van der Waals surface area contributed by atoms with E-state index in [4.69, 9.17) is 14.4 Å². The highest BCUT2D eigenvalue weighted by atomic mass is 31.1. The SMILES string of the molecule is CC(CCC(O)NC(=O)O[C@H](OC(=O)C(C)C)C(C)C)CC[P+](=O)O. The summed E-state index contributed by atoms with van der Waals surface area (Å²) in [6.45, 7) is 8.75. The lowest BCUT2D eigenvalue weighted by Gasteiger charge is -2.23. The molecule has 146 valence electrons. The zero-order valence-electron chi connectivity index (χ0n) is 15.6. The first-order valence-corrected chi connectivity index (χ1v) is 9.91. The molecule has 0 radical (unpaired) electrons. The highest BCUT2D eigenvalue weighted by Gasteiger charge is 2.25. The second kappa shape index (κ2) is 12.2. The Morgan fingerprint density at radius 2 is 1.64 bits per heavy atom. The number of aliphatic hydroxyl groups excluding tert-OH is 1. The van der Waals surface area contributed by atoms with Crippen LogP contribution in [-0.4, -0.2) is 40.7 Å². The molecule has 0 saturated carbocycles. The standard InChI is InChI=1S/C16H30NO7P/c1-10(2)14(19)23-15(11(3)4)24-16(20)17-13(18)7-6-12(5)8-9-25(21)22/h10-13,15,18H,6-9H2,1-5H3,(H-,17,20,21,22)/p+1/t12?,13?,15-/m0/s1. The molecule has 3 N–H and O–H groups in total. The molecule has 4 atom stereocenters. The molecule has 0 heterocycles. The molecule has 0 bridgehead atoms. The molecule has 3 unspecified atom stereocenters. The van der Waals surface area contributed by atoms with Gasteiger partial charge in [-0.3, -0.25) is 10.1 Å². The molecule has 0 aromatic carbocycles. The van der Waals surface area contributed by atoms with E-state index < -0.39 is 32.6 Å². The third-order valence-corrected chi connectivity index (χ3v) is 4.14. The fourth-order valence-corrected chi connectivity index (χ4v) is 2.47. The number of ether oxygens (including phenoxy) is 2. The van der Waals surface area contributed by atoms with E-state index >= 15 is 0 Å². The van der Waals surface area contributed by atoms with E-state index in [9.17, 15) is 19.3 Å². The lowest BCUT2D eigenvalue weighted by atomic mass is 10.0. The largest absolute Gasteiger partial charge is 0.505 e. The number of nitrogens with one attached hydrogen (secondary N) is 1. The van der Waals surface area contributed by atoms with Gasteiger partial charge in [-0.1, -0.05) is 34.6 Å². The van der Waals surface area contributed by atoms with Crippen molar-refractivity contribution in [2.75, 3.05) is 6.16 Å². The quantitative estimate of drug-likeness (QED) is 0.286. The Morgan fingerprint density at radius 3 is 2.12 bits per heavy atom. The molecule has 0 spiro atoms. The summed E-state index contributed by atoms with van der Waals surface area (Å²) < 4.78 is 20.8. The summed E-state index contributed by atoms with van der Waals surface area (Å²) in [6, 6.07) is 0. The van der Waals surface area contributed by atoms with Gasteiger partial charge in [0.15, 0.2) is 6.16 Å². The van der Waals surface area contributed by atoms with Crippen molar-refractivity contribution < 1.29 is 33.6 Å². The van der Waals surface area contributed by atoms with Crippen molar-refractivity contribution in [1.82, 2.24) is 5.32 Å². The van der Waals surface area contributed by atoms with Gasteiger partial charge in [-0.2, -0.15) is 4.89 Å². The van der Waals surface area contributed by atoms with Crippen LogP contribution in [0.25, 0.3) is 0 Å². The molecule has 25 heavy (non-hydrogen) atoms. The number of aliphatic hydroxyl groups is 1. The summed E-state index contributed by atoms with van der Waals surface area (Å²) in [7, 11) is -2.15. The minimum atomic E-state index is -2.15. The van der Waals surface area contributed by atoms with Gasteiger partial charge < -0.3 is 14.6 Å². The Balaban J connectivity index is 4.27. The van der Waals surface area contributed by atoms with Crippen LogP contribution in [0.2, 0.25) is 0 Å². The maximum Gasteiger partial charge on any atom is 0.505 e. The van der Waals surface area contributed by atoms with E-state index in [0.29, 0.717) is 12.8 Å². The molecule has 0 aromatic heterocycles. The minimum absolute atomic E-state index is 0.147. The number of alkyl carbamates (subject to hydrolysis) is 1. The third-order valence-electron chi connectivity index (χ3n) is 3.50. The molecule has 0 saturated heterocycles. The van der Waals surface area contributed by atoms with Crippen LogP contribution < -0.4 is 5.32 Å². The highest BCUT2D eigenvalue weighted by molar-refractivity contribution is 7.37. The predicted octanol–water partition coefficient (Wildman–Crippen LogP) is 2.75. The lowest BCUT2D eigenvalue weighted by Crippen LogP contribution is -2.40. The number of carbonyl (C=O) groups excluding carboxylic acids is 2. The van der Waals surface area contributed by atoms with E-state index in [1.54, 1.807) is 27.7 Å². The monoisotopic (exact) mass is 380 g/mol. The van der Waals surface area contributed by atoms with Crippen molar-refractivity contribution in [3.05, 3.63) is 0 Å². The lowest BCUT2D eigenvalue weighted by molar-refractivity contribution is -0.179. The second-order valence-electron chi connectivity index (χ2n) is 6.82. The molecule has 0 aliphatic heterocycles. The molecule has 9 heteroatoms. The van der Waals surface area contributed by atoms with Gasteiger partial charge in [-0.25, -0.2) is 4.79 Å². The second-order valence-corrected chi connectivity index (χ2v) is 7.97. The van der Waals surface area contributed by atoms with Gasteiger partial charge in [0.05, 0.1) is 5.92 Å². The first-order chi connectivity index (χ1) is 11.5. The Bertz CT molecular complexity index is 442. The summed E-state index contributed by atoms with van der Waals surface area (Å²) in [4.78, 5) is 32.2. The van der Waals surface area contributed by atoms with E-state index in [1.165, 1.54) is 0 Å². The summed E-state index contributed by atoms with van der Waals surface area (Å²) in [6.07, 6.45) is -1.33. The number of amides is 1. The number of hydrogen-bond acceptors (Lipinski definition) is 6. The molecule has 0 aliphatic rings. The zero-order chi connectivity index (χ0) is 19.6.